The predicted molar refractivity (Wildman–Crippen MR) is 116 cm³/mol. The van der Waals surface area contributed by atoms with Crippen molar-refractivity contribution in [1.29, 1.82) is 0 Å². The number of amides is 1. The molecular weight excluding hydrogens is 384 g/mol. The smallest absolute Gasteiger partial charge is 0.258 e. The molecule has 0 saturated carbocycles. The summed E-state index contributed by atoms with van der Waals surface area (Å²) in [5.74, 6) is 0.443. The Balaban J connectivity index is 1.49. The zero-order valence-corrected chi connectivity index (χ0v) is 16.4. The fraction of sp³-hybridized carbons (Fsp3) is 0.0833. The Morgan fingerprint density at radius 2 is 1.66 bits per heavy atom. The second kappa shape index (κ2) is 8.76. The van der Waals surface area contributed by atoms with Crippen LogP contribution in [0.1, 0.15) is 5.56 Å². The second-order valence-corrected chi connectivity index (χ2v) is 7.02. The number of fused-ring (bicyclic) bond motifs is 1. The molecule has 4 nitrogen and oxygen atoms in total. The first-order valence-electron chi connectivity index (χ1n) is 9.28. The van der Waals surface area contributed by atoms with Crippen LogP contribution in [-0.4, -0.2) is 17.5 Å². The monoisotopic (exact) mass is 402 g/mol. The molecule has 3 aromatic carbocycles. The minimum Gasteiger partial charge on any atom is -0.483 e. The summed E-state index contributed by atoms with van der Waals surface area (Å²) in [7, 11) is 0. The molecule has 0 unspecified atom stereocenters. The summed E-state index contributed by atoms with van der Waals surface area (Å²) in [5, 5.41) is 4.40. The standard InChI is InChI=1S/C24H19ClN2O2/c25-19-12-10-17(11-13-19)15-26-24(28)16-29-23-14-22(18-6-2-1-3-7-18)27-21-9-5-4-8-20(21)23/h1-14H,15-16H2,(H,26,28). The number of hydrogen-bond donors (Lipinski definition) is 1. The first-order valence-corrected chi connectivity index (χ1v) is 9.66. The average molecular weight is 403 g/mol. The van der Waals surface area contributed by atoms with Gasteiger partial charge in [-0.1, -0.05) is 66.2 Å². The molecule has 0 aliphatic heterocycles. The third-order valence-corrected chi connectivity index (χ3v) is 4.76. The van der Waals surface area contributed by atoms with Gasteiger partial charge in [-0.15, -0.1) is 0 Å². The van der Waals surface area contributed by atoms with E-state index >= 15 is 0 Å². The molecule has 0 aliphatic rings. The van der Waals surface area contributed by atoms with Gasteiger partial charge in [-0.05, 0) is 29.8 Å². The summed E-state index contributed by atoms with van der Waals surface area (Å²) in [4.78, 5) is 17.0. The lowest BCUT2D eigenvalue weighted by atomic mass is 10.1. The summed E-state index contributed by atoms with van der Waals surface area (Å²) < 4.78 is 5.88. The fourth-order valence-corrected chi connectivity index (χ4v) is 3.14. The van der Waals surface area contributed by atoms with Gasteiger partial charge in [-0.3, -0.25) is 4.79 Å². The van der Waals surface area contributed by atoms with E-state index in [1.807, 2.05) is 72.8 Å². The molecular formula is C24H19ClN2O2. The number of halogens is 1. The quantitative estimate of drug-likeness (QED) is 0.479. The van der Waals surface area contributed by atoms with E-state index in [9.17, 15) is 4.79 Å². The lowest BCUT2D eigenvalue weighted by Gasteiger charge is -2.12. The molecule has 4 aromatic rings. The number of nitrogens with zero attached hydrogens (tertiary/aromatic N) is 1. The van der Waals surface area contributed by atoms with Crippen LogP contribution in [0, 0.1) is 0 Å². The van der Waals surface area contributed by atoms with Crippen LogP contribution in [0.2, 0.25) is 5.02 Å². The second-order valence-electron chi connectivity index (χ2n) is 6.58. The molecule has 0 radical (unpaired) electrons. The molecule has 0 atom stereocenters. The van der Waals surface area contributed by atoms with Crippen molar-refractivity contribution in [1.82, 2.24) is 10.3 Å². The number of aromatic nitrogens is 1. The van der Waals surface area contributed by atoms with Crippen LogP contribution in [0.3, 0.4) is 0 Å². The van der Waals surface area contributed by atoms with Crippen LogP contribution in [0.4, 0.5) is 0 Å². The van der Waals surface area contributed by atoms with E-state index in [1.165, 1.54) is 0 Å². The zero-order valence-electron chi connectivity index (χ0n) is 15.6. The first-order chi connectivity index (χ1) is 14.2. The summed E-state index contributed by atoms with van der Waals surface area (Å²) in [6.45, 7) is 0.349. The van der Waals surface area contributed by atoms with Crippen molar-refractivity contribution in [3.05, 3.63) is 95.5 Å². The van der Waals surface area contributed by atoms with Crippen LogP contribution in [0.15, 0.2) is 84.9 Å². The lowest BCUT2D eigenvalue weighted by Crippen LogP contribution is -2.28. The van der Waals surface area contributed by atoms with E-state index in [2.05, 4.69) is 5.32 Å². The Morgan fingerprint density at radius 1 is 0.931 bits per heavy atom. The molecule has 0 fully saturated rings. The minimum atomic E-state index is -0.192. The molecule has 1 N–H and O–H groups in total. The van der Waals surface area contributed by atoms with E-state index in [1.54, 1.807) is 12.1 Å². The molecule has 1 aromatic heterocycles. The van der Waals surface area contributed by atoms with Gasteiger partial charge in [0.2, 0.25) is 0 Å². The molecule has 1 heterocycles. The van der Waals surface area contributed by atoms with E-state index in [4.69, 9.17) is 21.3 Å². The SMILES string of the molecule is O=C(COc1cc(-c2ccccc2)nc2ccccc12)NCc1ccc(Cl)cc1. The van der Waals surface area contributed by atoms with Crippen molar-refractivity contribution in [2.24, 2.45) is 0 Å². The maximum absolute atomic E-state index is 12.3. The van der Waals surface area contributed by atoms with Crippen LogP contribution in [-0.2, 0) is 11.3 Å². The molecule has 0 spiro atoms. The summed E-state index contributed by atoms with van der Waals surface area (Å²) in [6.07, 6.45) is 0. The molecule has 1 amide bonds. The Kier molecular flexibility index (Phi) is 5.73. The van der Waals surface area contributed by atoms with Crippen molar-refractivity contribution in [3.8, 4) is 17.0 Å². The van der Waals surface area contributed by atoms with Gasteiger partial charge in [0.15, 0.2) is 6.61 Å². The first kappa shape index (κ1) is 19.0. The number of benzene rings is 3. The molecule has 4 rings (SSSR count). The number of nitrogens with one attached hydrogen (secondary N) is 1. The maximum atomic E-state index is 12.3. The predicted octanol–water partition coefficient (Wildman–Crippen LogP) is 5.25. The number of ether oxygens (including phenoxy) is 1. The molecule has 0 saturated heterocycles. The summed E-state index contributed by atoms with van der Waals surface area (Å²) in [6, 6.07) is 26.9. The van der Waals surface area contributed by atoms with Gasteiger partial charge in [0.05, 0.1) is 11.2 Å². The number of carbonyl (C=O) groups is 1. The molecule has 29 heavy (non-hydrogen) atoms. The van der Waals surface area contributed by atoms with E-state index in [0.717, 1.165) is 27.7 Å². The van der Waals surface area contributed by atoms with Crippen LogP contribution >= 0.6 is 11.6 Å². The van der Waals surface area contributed by atoms with Gasteiger partial charge in [-0.25, -0.2) is 4.98 Å². The molecule has 144 valence electrons. The van der Waals surface area contributed by atoms with Gasteiger partial charge >= 0.3 is 0 Å². The Bertz CT molecular complexity index is 1130. The van der Waals surface area contributed by atoms with E-state index in [-0.39, 0.29) is 12.5 Å². The third kappa shape index (κ3) is 4.73. The fourth-order valence-electron chi connectivity index (χ4n) is 3.02. The highest BCUT2D eigenvalue weighted by Gasteiger charge is 2.10. The number of pyridine rings is 1. The topological polar surface area (TPSA) is 51.2 Å². The summed E-state index contributed by atoms with van der Waals surface area (Å²) in [5.41, 5.74) is 3.60. The number of para-hydroxylation sites is 1. The number of hydrogen-bond acceptors (Lipinski definition) is 3. The van der Waals surface area contributed by atoms with Gasteiger partial charge < -0.3 is 10.1 Å². The molecule has 0 aliphatic carbocycles. The van der Waals surface area contributed by atoms with Gasteiger partial charge in [0.25, 0.3) is 5.91 Å². The van der Waals surface area contributed by atoms with Crippen LogP contribution in [0.5, 0.6) is 5.75 Å². The van der Waals surface area contributed by atoms with Crippen molar-refractivity contribution in [2.45, 2.75) is 6.54 Å². The van der Waals surface area contributed by atoms with Gasteiger partial charge in [0.1, 0.15) is 5.75 Å². The maximum Gasteiger partial charge on any atom is 0.258 e. The molecule has 0 bridgehead atoms. The normalized spacial score (nSPS) is 10.7. The largest absolute Gasteiger partial charge is 0.483 e. The van der Waals surface area contributed by atoms with Crippen molar-refractivity contribution in [3.63, 3.8) is 0 Å². The minimum absolute atomic E-state index is 0.0736. The Morgan fingerprint density at radius 3 is 2.45 bits per heavy atom. The Hall–Kier alpha value is -3.37. The van der Waals surface area contributed by atoms with Crippen LogP contribution < -0.4 is 10.1 Å². The lowest BCUT2D eigenvalue weighted by molar-refractivity contribution is -0.123. The highest BCUT2D eigenvalue weighted by atomic mass is 35.5. The van der Waals surface area contributed by atoms with Crippen LogP contribution in [0.25, 0.3) is 22.2 Å². The third-order valence-electron chi connectivity index (χ3n) is 4.51. The Labute approximate surface area is 174 Å². The van der Waals surface area contributed by atoms with Gasteiger partial charge in [0, 0.05) is 28.6 Å². The highest BCUT2D eigenvalue weighted by Crippen LogP contribution is 2.29. The average Bonchev–Trinajstić information content (AvgIpc) is 2.77. The van der Waals surface area contributed by atoms with Crippen molar-refractivity contribution in [2.75, 3.05) is 6.61 Å². The zero-order chi connectivity index (χ0) is 20.1. The number of rotatable bonds is 6. The molecule has 5 heteroatoms. The van der Waals surface area contributed by atoms with E-state index < -0.39 is 0 Å². The summed E-state index contributed by atoms with van der Waals surface area (Å²) >= 11 is 5.88. The number of carbonyl (C=O) groups excluding carboxylic acids is 1. The highest BCUT2D eigenvalue weighted by molar-refractivity contribution is 6.30. The van der Waals surface area contributed by atoms with Gasteiger partial charge in [-0.2, -0.15) is 0 Å². The van der Waals surface area contributed by atoms with Crippen molar-refractivity contribution < 1.29 is 9.53 Å². The van der Waals surface area contributed by atoms with Crippen molar-refractivity contribution >= 4 is 28.4 Å². The van der Waals surface area contributed by atoms with E-state index in [0.29, 0.717) is 17.3 Å².